The number of methoxy groups -OCH3 is 1. The summed E-state index contributed by atoms with van der Waals surface area (Å²) in [6.07, 6.45) is 1.90. The van der Waals surface area contributed by atoms with Gasteiger partial charge in [-0.2, -0.15) is 0 Å². The summed E-state index contributed by atoms with van der Waals surface area (Å²) < 4.78 is 5.63. The van der Waals surface area contributed by atoms with E-state index in [9.17, 15) is 4.79 Å². The molecule has 1 saturated heterocycles. The Morgan fingerprint density at radius 3 is 2.42 bits per heavy atom. The van der Waals surface area contributed by atoms with Crippen LogP contribution >= 0.6 is 0 Å². The number of carbonyl (C=O) groups excluding carboxylic acids is 1. The first-order valence-electron chi connectivity index (χ1n) is 9.17. The van der Waals surface area contributed by atoms with E-state index in [4.69, 9.17) is 4.74 Å². The maximum atomic E-state index is 12.4. The Morgan fingerprint density at radius 1 is 1.25 bits per heavy atom. The first-order valence-corrected chi connectivity index (χ1v) is 9.17. The van der Waals surface area contributed by atoms with Crippen molar-refractivity contribution in [1.29, 1.82) is 0 Å². The molecule has 2 amide bonds. The summed E-state index contributed by atoms with van der Waals surface area (Å²) in [6.45, 7) is 12.9. The summed E-state index contributed by atoms with van der Waals surface area (Å²) in [6, 6.07) is 0.208. The van der Waals surface area contributed by atoms with E-state index in [-0.39, 0.29) is 23.1 Å². The molecule has 2 atom stereocenters. The highest BCUT2D eigenvalue weighted by Crippen LogP contribution is 2.51. The van der Waals surface area contributed by atoms with Gasteiger partial charge in [0.2, 0.25) is 0 Å². The van der Waals surface area contributed by atoms with Crippen LogP contribution in [0.5, 0.6) is 0 Å². The largest absolute Gasteiger partial charge is 0.378 e. The molecule has 1 saturated carbocycles. The topological polar surface area (TPSA) is 48.1 Å². The molecule has 2 rings (SSSR count). The number of nitrogens with zero attached hydrogens (tertiary/aromatic N) is 3. The highest BCUT2D eigenvalue weighted by atomic mass is 16.5. The minimum absolute atomic E-state index is 0.0320. The Kier molecular flexibility index (Phi) is 6.15. The third-order valence-electron chi connectivity index (χ3n) is 6.49. The van der Waals surface area contributed by atoms with E-state index >= 15 is 0 Å². The Balaban J connectivity index is 1.68. The molecule has 1 aliphatic heterocycles. The zero-order chi connectivity index (χ0) is 18.0. The van der Waals surface area contributed by atoms with Crippen LogP contribution in [0.4, 0.5) is 4.79 Å². The standard InChI is InChI=1S/C18H36N4O2/c1-17(2)15(14-18(17,3)24-6)19-16(23)21(5)8-7-9-22-12-10-20(4)11-13-22/h15H,7-14H2,1-6H3,(H,19,23)/t15-,18+/m0/s1. The Bertz CT molecular complexity index is 435. The van der Waals surface area contributed by atoms with Crippen molar-refractivity contribution >= 4 is 6.03 Å². The van der Waals surface area contributed by atoms with E-state index in [0.717, 1.165) is 52.1 Å². The SMILES string of the molecule is CO[C@]1(C)C[C@H](NC(=O)N(C)CCCN2CCN(C)CC2)C1(C)C. The number of rotatable bonds is 6. The van der Waals surface area contributed by atoms with E-state index in [1.165, 1.54) is 0 Å². The van der Waals surface area contributed by atoms with Crippen molar-refractivity contribution in [2.24, 2.45) is 5.41 Å². The van der Waals surface area contributed by atoms with Crippen LogP contribution in [0, 0.1) is 5.41 Å². The second-order valence-electron chi connectivity index (χ2n) is 8.28. The monoisotopic (exact) mass is 340 g/mol. The number of hydrogen-bond acceptors (Lipinski definition) is 4. The summed E-state index contributed by atoms with van der Waals surface area (Å²) in [5.74, 6) is 0. The number of hydrogen-bond donors (Lipinski definition) is 1. The molecule has 0 aromatic heterocycles. The molecule has 6 nitrogen and oxygen atoms in total. The molecule has 1 heterocycles. The molecule has 0 spiro atoms. The van der Waals surface area contributed by atoms with Crippen molar-refractivity contribution in [3.05, 3.63) is 0 Å². The lowest BCUT2D eigenvalue weighted by Gasteiger charge is -2.59. The van der Waals surface area contributed by atoms with Crippen molar-refractivity contribution in [3.8, 4) is 0 Å². The molecule has 6 heteroatoms. The number of piperazine rings is 1. The normalized spacial score (nSPS) is 30.7. The molecule has 24 heavy (non-hydrogen) atoms. The van der Waals surface area contributed by atoms with Gasteiger partial charge in [0, 0.05) is 58.3 Å². The Hall–Kier alpha value is -0.850. The number of ether oxygens (including phenoxy) is 1. The fraction of sp³-hybridized carbons (Fsp3) is 0.944. The van der Waals surface area contributed by atoms with Gasteiger partial charge in [-0.25, -0.2) is 4.79 Å². The van der Waals surface area contributed by atoms with Crippen molar-refractivity contribution in [2.75, 3.05) is 60.5 Å². The van der Waals surface area contributed by atoms with Gasteiger partial charge in [0.25, 0.3) is 0 Å². The zero-order valence-corrected chi connectivity index (χ0v) is 16.4. The maximum absolute atomic E-state index is 12.4. The first-order chi connectivity index (χ1) is 11.2. The van der Waals surface area contributed by atoms with Crippen molar-refractivity contribution < 1.29 is 9.53 Å². The third kappa shape index (κ3) is 4.03. The lowest BCUT2D eigenvalue weighted by molar-refractivity contribution is -0.177. The van der Waals surface area contributed by atoms with Crippen molar-refractivity contribution in [2.45, 2.75) is 45.3 Å². The van der Waals surface area contributed by atoms with Gasteiger partial charge in [-0.15, -0.1) is 0 Å². The number of amides is 2. The fourth-order valence-corrected chi connectivity index (χ4v) is 3.69. The van der Waals surface area contributed by atoms with Gasteiger partial charge in [0.05, 0.1) is 5.60 Å². The van der Waals surface area contributed by atoms with Crippen LogP contribution < -0.4 is 5.32 Å². The van der Waals surface area contributed by atoms with E-state index in [1.54, 1.807) is 7.11 Å². The molecule has 140 valence electrons. The Morgan fingerprint density at radius 2 is 1.88 bits per heavy atom. The smallest absolute Gasteiger partial charge is 0.317 e. The Labute approximate surface area is 147 Å². The van der Waals surface area contributed by atoms with Crippen LogP contribution in [-0.2, 0) is 4.74 Å². The number of likely N-dealkylation sites (N-methyl/N-ethyl adjacent to an activating group) is 1. The predicted molar refractivity (Wildman–Crippen MR) is 97.3 cm³/mol. The van der Waals surface area contributed by atoms with Crippen LogP contribution in [0.15, 0.2) is 0 Å². The van der Waals surface area contributed by atoms with Crippen LogP contribution in [-0.4, -0.2) is 92.8 Å². The van der Waals surface area contributed by atoms with E-state index < -0.39 is 0 Å². The first kappa shape index (κ1) is 19.5. The third-order valence-corrected chi connectivity index (χ3v) is 6.49. The van der Waals surface area contributed by atoms with Crippen LogP contribution in [0.1, 0.15) is 33.6 Å². The summed E-state index contributed by atoms with van der Waals surface area (Å²) in [7, 11) is 5.82. The van der Waals surface area contributed by atoms with Crippen LogP contribution in [0.25, 0.3) is 0 Å². The molecular formula is C18H36N4O2. The van der Waals surface area contributed by atoms with Gasteiger partial charge in [-0.3, -0.25) is 0 Å². The summed E-state index contributed by atoms with van der Waals surface area (Å²) in [4.78, 5) is 19.1. The average molecular weight is 341 g/mol. The second kappa shape index (κ2) is 7.58. The van der Waals surface area contributed by atoms with Crippen molar-refractivity contribution in [3.63, 3.8) is 0 Å². The van der Waals surface area contributed by atoms with Gasteiger partial charge in [0.15, 0.2) is 0 Å². The van der Waals surface area contributed by atoms with E-state index in [2.05, 4.69) is 42.9 Å². The van der Waals surface area contributed by atoms with Gasteiger partial charge < -0.3 is 24.8 Å². The molecular weight excluding hydrogens is 304 g/mol. The minimum Gasteiger partial charge on any atom is -0.378 e. The van der Waals surface area contributed by atoms with Crippen LogP contribution in [0.3, 0.4) is 0 Å². The molecule has 0 aromatic rings. The van der Waals surface area contributed by atoms with Crippen LogP contribution in [0.2, 0.25) is 0 Å². The van der Waals surface area contributed by atoms with Gasteiger partial charge >= 0.3 is 6.03 Å². The summed E-state index contributed by atoms with van der Waals surface area (Å²) >= 11 is 0. The molecule has 0 bridgehead atoms. The zero-order valence-electron chi connectivity index (χ0n) is 16.4. The second-order valence-corrected chi connectivity index (χ2v) is 8.28. The lowest BCUT2D eigenvalue weighted by atomic mass is 9.56. The maximum Gasteiger partial charge on any atom is 0.317 e. The molecule has 1 aliphatic carbocycles. The van der Waals surface area contributed by atoms with E-state index in [1.807, 2.05) is 11.9 Å². The predicted octanol–water partition coefficient (Wildman–Crippen LogP) is 1.47. The molecule has 0 unspecified atom stereocenters. The lowest BCUT2D eigenvalue weighted by Crippen LogP contribution is -2.69. The van der Waals surface area contributed by atoms with Gasteiger partial charge in [0.1, 0.15) is 0 Å². The van der Waals surface area contributed by atoms with Crippen molar-refractivity contribution in [1.82, 2.24) is 20.0 Å². The summed E-state index contributed by atoms with van der Waals surface area (Å²) in [5, 5.41) is 3.18. The van der Waals surface area contributed by atoms with Gasteiger partial charge in [-0.1, -0.05) is 13.8 Å². The number of nitrogens with one attached hydrogen (secondary N) is 1. The quantitative estimate of drug-likeness (QED) is 0.795. The average Bonchev–Trinajstić information content (AvgIpc) is 2.55. The minimum atomic E-state index is -0.148. The number of urea groups is 1. The van der Waals surface area contributed by atoms with E-state index in [0.29, 0.717) is 0 Å². The molecule has 0 aromatic carbocycles. The molecule has 1 N–H and O–H groups in total. The number of carbonyl (C=O) groups is 1. The molecule has 2 aliphatic rings. The molecule has 2 fully saturated rings. The fourth-order valence-electron chi connectivity index (χ4n) is 3.69. The highest BCUT2D eigenvalue weighted by Gasteiger charge is 2.58. The summed E-state index contributed by atoms with van der Waals surface area (Å²) in [5.41, 5.74) is -0.191. The highest BCUT2D eigenvalue weighted by molar-refractivity contribution is 5.74. The van der Waals surface area contributed by atoms with Gasteiger partial charge in [-0.05, 0) is 33.4 Å². The molecule has 0 radical (unpaired) electrons.